The highest BCUT2D eigenvalue weighted by Gasteiger charge is 2.04. The van der Waals surface area contributed by atoms with Crippen molar-refractivity contribution in [3.63, 3.8) is 0 Å². The smallest absolute Gasteiger partial charge is 0.130 e. The fourth-order valence-electron chi connectivity index (χ4n) is 1.53. The lowest BCUT2D eigenvalue weighted by Gasteiger charge is -2.10. The number of halogens is 1. The molecular formula is C13H12BrN3S. The molecular weight excluding hydrogens is 310 g/mol. The molecule has 18 heavy (non-hydrogen) atoms. The van der Waals surface area contributed by atoms with Gasteiger partial charge in [-0.05, 0) is 36.8 Å². The number of nitrogens with one attached hydrogen (secondary N) is 1. The summed E-state index contributed by atoms with van der Waals surface area (Å²) in [7, 11) is 0. The number of pyridine rings is 1. The number of hydrogen-bond acceptors (Lipinski definition) is 3. The van der Waals surface area contributed by atoms with E-state index in [4.69, 9.17) is 18.0 Å². The average Bonchev–Trinajstić information content (AvgIpc) is 2.35. The van der Waals surface area contributed by atoms with E-state index in [0.717, 1.165) is 27.1 Å². The summed E-state index contributed by atoms with van der Waals surface area (Å²) < 4.78 is 1.05. The summed E-state index contributed by atoms with van der Waals surface area (Å²) in [5.74, 6) is 0.724. The quantitative estimate of drug-likeness (QED) is 0.849. The van der Waals surface area contributed by atoms with Crippen molar-refractivity contribution in [3.8, 4) is 0 Å². The van der Waals surface area contributed by atoms with Crippen molar-refractivity contribution in [2.75, 3.05) is 5.32 Å². The lowest BCUT2D eigenvalue weighted by Crippen LogP contribution is -2.10. The van der Waals surface area contributed by atoms with Gasteiger partial charge in [-0.15, -0.1) is 0 Å². The highest BCUT2D eigenvalue weighted by Crippen LogP contribution is 2.25. The topological polar surface area (TPSA) is 50.9 Å². The van der Waals surface area contributed by atoms with Crippen LogP contribution in [0.25, 0.3) is 0 Å². The van der Waals surface area contributed by atoms with Crippen LogP contribution in [0.4, 0.5) is 11.5 Å². The Labute approximate surface area is 120 Å². The zero-order chi connectivity index (χ0) is 13.1. The summed E-state index contributed by atoms with van der Waals surface area (Å²) in [6.07, 6.45) is 1.68. The highest BCUT2D eigenvalue weighted by atomic mass is 79.9. The number of nitrogens with two attached hydrogens (primary N) is 1. The van der Waals surface area contributed by atoms with Crippen LogP contribution in [0.5, 0.6) is 0 Å². The SMILES string of the molecule is Cc1c(Br)cccc1Nc1cc(C(N)=S)ccn1. The van der Waals surface area contributed by atoms with E-state index in [1.54, 1.807) is 12.3 Å². The van der Waals surface area contributed by atoms with Gasteiger partial charge in [-0.1, -0.05) is 34.2 Å². The number of benzene rings is 1. The first-order valence-corrected chi connectivity index (χ1v) is 6.56. The number of nitrogens with zero attached hydrogens (tertiary/aromatic N) is 1. The molecule has 0 bridgehead atoms. The maximum absolute atomic E-state index is 5.60. The molecule has 0 aliphatic carbocycles. The third-order valence-electron chi connectivity index (χ3n) is 2.57. The summed E-state index contributed by atoms with van der Waals surface area (Å²) in [6, 6.07) is 9.59. The predicted octanol–water partition coefficient (Wildman–Crippen LogP) is 3.53. The molecule has 0 radical (unpaired) electrons. The largest absolute Gasteiger partial charge is 0.389 e. The van der Waals surface area contributed by atoms with Gasteiger partial charge in [-0.25, -0.2) is 4.98 Å². The van der Waals surface area contributed by atoms with Crippen molar-refractivity contribution in [1.82, 2.24) is 4.98 Å². The van der Waals surface area contributed by atoms with Crippen molar-refractivity contribution >= 4 is 44.6 Å². The molecule has 0 saturated heterocycles. The molecule has 92 valence electrons. The Hall–Kier alpha value is -1.46. The maximum atomic E-state index is 5.60. The van der Waals surface area contributed by atoms with Crippen molar-refractivity contribution in [2.45, 2.75) is 6.92 Å². The Morgan fingerprint density at radius 1 is 1.39 bits per heavy atom. The molecule has 3 nitrogen and oxygen atoms in total. The van der Waals surface area contributed by atoms with Gasteiger partial charge in [0.15, 0.2) is 0 Å². The van der Waals surface area contributed by atoms with Crippen LogP contribution in [0, 0.1) is 6.92 Å². The van der Waals surface area contributed by atoms with Crippen LogP contribution in [0.3, 0.4) is 0 Å². The third kappa shape index (κ3) is 2.86. The molecule has 0 unspecified atom stereocenters. The van der Waals surface area contributed by atoms with Gasteiger partial charge < -0.3 is 11.1 Å². The molecule has 0 atom stereocenters. The van der Waals surface area contributed by atoms with Gasteiger partial charge in [-0.3, -0.25) is 0 Å². The second kappa shape index (κ2) is 5.46. The zero-order valence-electron chi connectivity index (χ0n) is 9.77. The number of thiocarbonyl (C=S) groups is 1. The molecule has 3 N–H and O–H groups in total. The molecule has 0 fully saturated rings. The Morgan fingerprint density at radius 3 is 2.89 bits per heavy atom. The Morgan fingerprint density at radius 2 is 2.17 bits per heavy atom. The second-order valence-corrected chi connectivity index (χ2v) is 5.13. The van der Waals surface area contributed by atoms with Crippen molar-refractivity contribution in [1.29, 1.82) is 0 Å². The van der Waals surface area contributed by atoms with E-state index in [9.17, 15) is 0 Å². The lowest BCUT2D eigenvalue weighted by atomic mass is 10.2. The molecule has 0 aliphatic heterocycles. The van der Waals surface area contributed by atoms with Crippen molar-refractivity contribution in [2.24, 2.45) is 5.73 Å². The van der Waals surface area contributed by atoms with E-state index in [1.807, 2.05) is 31.2 Å². The van der Waals surface area contributed by atoms with Crippen molar-refractivity contribution in [3.05, 3.63) is 52.1 Å². The van der Waals surface area contributed by atoms with Crippen LogP contribution in [0.2, 0.25) is 0 Å². The molecule has 2 aromatic rings. The minimum atomic E-state index is 0.367. The second-order valence-electron chi connectivity index (χ2n) is 3.83. The fraction of sp³-hybridized carbons (Fsp3) is 0.0769. The Balaban J connectivity index is 2.31. The maximum Gasteiger partial charge on any atom is 0.130 e. The summed E-state index contributed by atoms with van der Waals surface area (Å²) >= 11 is 8.44. The van der Waals surface area contributed by atoms with Gasteiger partial charge in [0.25, 0.3) is 0 Å². The fourth-order valence-corrected chi connectivity index (χ4v) is 2.03. The molecule has 2 rings (SSSR count). The Bertz CT molecular complexity index is 599. The first-order valence-electron chi connectivity index (χ1n) is 5.36. The highest BCUT2D eigenvalue weighted by molar-refractivity contribution is 9.10. The van der Waals surface area contributed by atoms with Crippen LogP contribution in [-0.4, -0.2) is 9.97 Å². The molecule has 0 amide bonds. The van der Waals surface area contributed by atoms with Gasteiger partial charge in [-0.2, -0.15) is 0 Å². The summed E-state index contributed by atoms with van der Waals surface area (Å²) in [6.45, 7) is 2.03. The Kier molecular flexibility index (Phi) is 3.93. The minimum absolute atomic E-state index is 0.367. The van der Waals surface area contributed by atoms with Gasteiger partial charge in [0, 0.05) is 21.9 Å². The van der Waals surface area contributed by atoms with Gasteiger partial charge in [0.1, 0.15) is 10.8 Å². The summed E-state index contributed by atoms with van der Waals surface area (Å²) in [4.78, 5) is 4.61. The molecule has 0 spiro atoms. The molecule has 0 saturated carbocycles. The van der Waals surface area contributed by atoms with E-state index in [0.29, 0.717) is 4.99 Å². The summed E-state index contributed by atoms with van der Waals surface area (Å²) in [5.41, 5.74) is 8.52. The molecule has 5 heteroatoms. The van der Waals surface area contributed by atoms with E-state index < -0.39 is 0 Å². The van der Waals surface area contributed by atoms with Gasteiger partial charge in [0.2, 0.25) is 0 Å². The standard InChI is InChI=1S/C13H12BrN3S/c1-8-10(14)3-2-4-11(8)17-12-7-9(13(15)18)5-6-16-12/h2-7H,1H3,(H2,15,18)(H,16,17). The van der Waals surface area contributed by atoms with Crippen LogP contribution < -0.4 is 11.1 Å². The molecule has 1 aromatic heterocycles. The van der Waals surface area contributed by atoms with E-state index in [-0.39, 0.29) is 0 Å². The number of aromatic nitrogens is 1. The third-order valence-corrected chi connectivity index (χ3v) is 3.67. The normalized spacial score (nSPS) is 10.1. The van der Waals surface area contributed by atoms with E-state index in [2.05, 4.69) is 26.2 Å². The lowest BCUT2D eigenvalue weighted by molar-refractivity contribution is 1.29. The van der Waals surface area contributed by atoms with Gasteiger partial charge in [0.05, 0.1) is 0 Å². The predicted molar refractivity (Wildman–Crippen MR) is 82.3 cm³/mol. The molecule has 1 heterocycles. The zero-order valence-corrected chi connectivity index (χ0v) is 12.2. The minimum Gasteiger partial charge on any atom is -0.389 e. The monoisotopic (exact) mass is 321 g/mol. The number of hydrogen-bond donors (Lipinski definition) is 2. The number of anilines is 2. The van der Waals surface area contributed by atoms with Crippen LogP contribution in [-0.2, 0) is 0 Å². The van der Waals surface area contributed by atoms with Gasteiger partial charge >= 0.3 is 0 Å². The number of rotatable bonds is 3. The van der Waals surface area contributed by atoms with Crippen LogP contribution in [0.1, 0.15) is 11.1 Å². The van der Waals surface area contributed by atoms with E-state index >= 15 is 0 Å². The molecule has 0 aliphatic rings. The van der Waals surface area contributed by atoms with Crippen LogP contribution >= 0.6 is 28.1 Å². The first-order chi connectivity index (χ1) is 8.58. The molecule has 1 aromatic carbocycles. The van der Waals surface area contributed by atoms with Crippen molar-refractivity contribution < 1.29 is 0 Å². The first kappa shape index (κ1) is 13.0. The summed E-state index contributed by atoms with van der Waals surface area (Å²) in [5, 5.41) is 3.25. The average molecular weight is 322 g/mol. The van der Waals surface area contributed by atoms with E-state index in [1.165, 1.54) is 0 Å². The van der Waals surface area contributed by atoms with Crippen LogP contribution in [0.15, 0.2) is 41.0 Å².